The van der Waals surface area contributed by atoms with Crippen LogP contribution in [0.1, 0.15) is 26.2 Å². The second-order valence-corrected chi connectivity index (χ2v) is 8.19. The van der Waals surface area contributed by atoms with Crippen molar-refractivity contribution >= 4 is 29.2 Å². The number of carboxylic acids is 1. The molecule has 8 nitrogen and oxygen atoms in total. The number of aliphatic carboxylic acids is 1. The summed E-state index contributed by atoms with van der Waals surface area (Å²) in [7, 11) is 0. The maximum atomic E-state index is 13.0. The van der Waals surface area contributed by atoms with Crippen LogP contribution < -0.4 is 15.8 Å². The molecule has 0 aliphatic carbocycles. The first kappa shape index (κ1) is 21.4. The number of rotatable bonds is 7. The van der Waals surface area contributed by atoms with Gasteiger partial charge in [-0.2, -0.15) is 0 Å². The minimum atomic E-state index is -0.912. The van der Waals surface area contributed by atoms with Crippen molar-refractivity contribution < 1.29 is 9.90 Å². The van der Waals surface area contributed by atoms with Gasteiger partial charge in [-0.3, -0.25) is 13.8 Å². The predicted octanol–water partition coefficient (Wildman–Crippen LogP) is 2.87. The maximum Gasteiger partial charge on any atom is 0.327 e. The molecule has 0 unspecified atom stereocenters. The molecule has 1 aromatic carbocycles. The van der Waals surface area contributed by atoms with Crippen molar-refractivity contribution in [1.82, 2.24) is 19.3 Å². The fraction of sp³-hybridized carbons (Fsp3) is 0.409. The van der Waals surface area contributed by atoms with Crippen LogP contribution in [-0.2, 0) is 11.3 Å². The number of benzene rings is 1. The van der Waals surface area contributed by atoms with Gasteiger partial charge >= 0.3 is 5.97 Å². The molecule has 4 rings (SSSR count). The Morgan fingerprint density at radius 2 is 2.06 bits per heavy atom. The molecule has 0 amide bonds. The number of fused-ring (bicyclic) bond motifs is 1. The third-order valence-electron chi connectivity index (χ3n) is 5.64. The molecule has 1 saturated heterocycles. The second-order valence-electron chi connectivity index (χ2n) is 7.75. The average molecular weight is 444 g/mol. The molecule has 9 heteroatoms. The fourth-order valence-corrected chi connectivity index (χ4v) is 4.14. The number of piperazine rings is 1. The lowest BCUT2D eigenvalue weighted by Gasteiger charge is -2.36. The van der Waals surface area contributed by atoms with E-state index in [0.717, 1.165) is 24.8 Å². The molecule has 0 saturated carbocycles. The van der Waals surface area contributed by atoms with Crippen LogP contribution in [0.15, 0.2) is 41.3 Å². The van der Waals surface area contributed by atoms with Gasteiger partial charge in [0.25, 0.3) is 5.56 Å². The Kier molecular flexibility index (Phi) is 6.29. The number of nitrogens with zero attached hydrogens (tertiary/aromatic N) is 4. The van der Waals surface area contributed by atoms with Gasteiger partial charge in [-0.05, 0) is 18.6 Å². The smallest absolute Gasteiger partial charge is 0.327 e. The third-order valence-corrected chi connectivity index (χ3v) is 5.90. The van der Waals surface area contributed by atoms with Crippen LogP contribution in [0.5, 0.6) is 0 Å². The van der Waals surface area contributed by atoms with Crippen molar-refractivity contribution in [3.8, 4) is 11.3 Å². The van der Waals surface area contributed by atoms with Gasteiger partial charge in [0.05, 0.1) is 5.69 Å². The van der Waals surface area contributed by atoms with E-state index in [-0.39, 0.29) is 5.56 Å². The zero-order chi connectivity index (χ0) is 22.0. The number of hydrogen-bond donors (Lipinski definition) is 2. The molecule has 164 valence electrons. The van der Waals surface area contributed by atoms with Crippen molar-refractivity contribution in [1.29, 1.82) is 0 Å². The standard InChI is InChI=1S/C22H26ClN5O3/c1-2-3-4-10-27-19(26-11-9-24-13-18(26)21(30)31)12-20(29)28-14-17(25-22(27)28)15-5-7-16(23)8-6-15/h5-8,12,14,18,24H,2-4,9-11,13H2,1H3,(H,30,31)/t18-/m0/s1. The zero-order valence-corrected chi connectivity index (χ0v) is 18.2. The summed E-state index contributed by atoms with van der Waals surface area (Å²) in [6.45, 7) is 4.27. The molecule has 1 aliphatic rings. The molecule has 1 fully saturated rings. The Bertz CT molecular complexity index is 1140. The highest BCUT2D eigenvalue weighted by Gasteiger charge is 2.31. The lowest BCUT2D eigenvalue weighted by atomic mass is 10.2. The highest BCUT2D eigenvalue weighted by Crippen LogP contribution is 2.25. The molecule has 3 heterocycles. The number of nitrogens with one attached hydrogen (secondary N) is 1. The van der Waals surface area contributed by atoms with E-state index in [4.69, 9.17) is 16.6 Å². The summed E-state index contributed by atoms with van der Waals surface area (Å²) in [5.41, 5.74) is 1.30. The first-order chi connectivity index (χ1) is 15.0. The van der Waals surface area contributed by atoms with Crippen molar-refractivity contribution in [2.24, 2.45) is 0 Å². The van der Waals surface area contributed by atoms with Crippen LogP contribution >= 0.6 is 11.6 Å². The van der Waals surface area contributed by atoms with E-state index in [2.05, 4.69) is 12.2 Å². The largest absolute Gasteiger partial charge is 0.480 e. The minimum absolute atomic E-state index is 0.230. The van der Waals surface area contributed by atoms with Crippen LogP contribution in [0.2, 0.25) is 5.02 Å². The van der Waals surface area contributed by atoms with Gasteiger partial charge in [-0.1, -0.05) is 43.5 Å². The van der Waals surface area contributed by atoms with Gasteiger partial charge in [-0.15, -0.1) is 0 Å². The fourth-order valence-electron chi connectivity index (χ4n) is 4.01. The lowest BCUT2D eigenvalue weighted by Crippen LogP contribution is -2.56. The van der Waals surface area contributed by atoms with Crippen molar-refractivity contribution in [3.05, 3.63) is 51.9 Å². The van der Waals surface area contributed by atoms with Crippen molar-refractivity contribution in [2.75, 3.05) is 24.5 Å². The van der Waals surface area contributed by atoms with Crippen LogP contribution in [0.25, 0.3) is 17.0 Å². The maximum absolute atomic E-state index is 13.0. The summed E-state index contributed by atoms with van der Waals surface area (Å²) in [5.74, 6) is 0.215. The molecule has 2 aromatic heterocycles. The number of anilines is 1. The Morgan fingerprint density at radius 3 is 2.77 bits per heavy atom. The third kappa shape index (κ3) is 4.31. The summed E-state index contributed by atoms with van der Waals surface area (Å²) < 4.78 is 3.52. The van der Waals surface area contributed by atoms with Gasteiger partial charge in [0.1, 0.15) is 11.9 Å². The summed E-state index contributed by atoms with van der Waals surface area (Å²) in [5, 5.41) is 13.5. The van der Waals surface area contributed by atoms with Gasteiger partial charge in [0.15, 0.2) is 0 Å². The lowest BCUT2D eigenvalue weighted by molar-refractivity contribution is -0.138. The van der Waals surface area contributed by atoms with E-state index >= 15 is 0 Å². The number of aryl methyl sites for hydroxylation is 1. The number of halogens is 1. The zero-order valence-electron chi connectivity index (χ0n) is 17.4. The number of aromatic nitrogens is 3. The normalized spacial score (nSPS) is 16.7. The number of hydrogen-bond acceptors (Lipinski definition) is 5. The Hall–Kier alpha value is -2.84. The molecule has 2 N–H and O–H groups in total. The highest BCUT2D eigenvalue weighted by atomic mass is 35.5. The van der Waals surface area contributed by atoms with Gasteiger partial charge < -0.3 is 15.3 Å². The molecule has 0 bridgehead atoms. The van der Waals surface area contributed by atoms with Crippen molar-refractivity contribution in [2.45, 2.75) is 38.8 Å². The van der Waals surface area contributed by atoms with Gasteiger partial charge in [-0.25, -0.2) is 9.78 Å². The van der Waals surface area contributed by atoms with E-state index < -0.39 is 12.0 Å². The number of carbonyl (C=O) groups is 1. The van der Waals surface area contributed by atoms with Gasteiger partial charge in [0.2, 0.25) is 5.78 Å². The van der Waals surface area contributed by atoms with E-state index in [1.807, 2.05) is 21.6 Å². The van der Waals surface area contributed by atoms with E-state index in [0.29, 0.717) is 48.5 Å². The molecule has 31 heavy (non-hydrogen) atoms. The van der Waals surface area contributed by atoms with Crippen LogP contribution in [0.4, 0.5) is 5.82 Å². The Balaban J connectivity index is 1.86. The van der Waals surface area contributed by atoms with Crippen LogP contribution in [-0.4, -0.2) is 50.7 Å². The highest BCUT2D eigenvalue weighted by molar-refractivity contribution is 6.30. The first-order valence-electron chi connectivity index (χ1n) is 10.6. The predicted molar refractivity (Wildman–Crippen MR) is 121 cm³/mol. The summed E-state index contributed by atoms with van der Waals surface area (Å²) >= 11 is 6.01. The van der Waals surface area contributed by atoms with Crippen LogP contribution in [0, 0.1) is 0 Å². The van der Waals surface area contributed by atoms with E-state index in [1.165, 1.54) is 10.5 Å². The Morgan fingerprint density at radius 1 is 1.29 bits per heavy atom. The first-order valence-corrected chi connectivity index (χ1v) is 11.0. The molecular weight excluding hydrogens is 418 g/mol. The topological polar surface area (TPSA) is 91.9 Å². The molecule has 0 spiro atoms. The molecular formula is C22H26ClN5O3. The van der Waals surface area contributed by atoms with Crippen LogP contribution in [0.3, 0.4) is 0 Å². The summed E-state index contributed by atoms with van der Waals surface area (Å²) in [6, 6.07) is 8.11. The van der Waals surface area contributed by atoms with Gasteiger partial charge in [0, 0.05) is 49.0 Å². The van der Waals surface area contributed by atoms with E-state index in [9.17, 15) is 14.7 Å². The molecule has 3 aromatic rings. The minimum Gasteiger partial charge on any atom is -0.480 e. The quantitative estimate of drug-likeness (QED) is 0.545. The number of imidazole rings is 1. The van der Waals surface area contributed by atoms with E-state index in [1.54, 1.807) is 18.3 Å². The number of carboxylic acid groups (broad SMARTS) is 1. The van der Waals surface area contributed by atoms with Crippen molar-refractivity contribution in [3.63, 3.8) is 0 Å². The second kappa shape index (κ2) is 9.11. The average Bonchev–Trinajstić information content (AvgIpc) is 3.22. The molecule has 1 aliphatic heterocycles. The Labute approximate surface area is 185 Å². The number of unbranched alkanes of at least 4 members (excludes halogenated alkanes) is 2. The molecule has 1 atom stereocenters. The SMILES string of the molecule is CCCCCn1c(N2CCNC[C@H]2C(=O)O)cc(=O)n2cc(-c3ccc(Cl)cc3)nc12. The summed E-state index contributed by atoms with van der Waals surface area (Å²) in [6.07, 6.45) is 4.73. The monoisotopic (exact) mass is 443 g/mol. The summed E-state index contributed by atoms with van der Waals surface area (Å²) in [4.78, 5) is 31.5. The molecule has 0 radical (unpaired) electrons.